The van der Waals surface area contributed by atoms with E-state index in [0.29, 0.717) is 29.0 Å². The Kier molecular flexibility index (Phi) is 3.70. The molecule has 1 aromatic rings. The average molecular weight is 297 g/mol. The van der Waals surface area contributed by atoms with Crippen LogP contribution in [0.2, 0.25) is 0 Å². The zero-order valence-corrected chi connectivity index (χ0v) is 13.0. The van der Waals surface area contributed by atoms with E-state index in [4.69, 9.17) is 0 Å². The summed E-state index contributed by atoms with van der Waals surface area (Å²) >= 11 is 0. The first-order chi connectivity index (χ1) is 9.37. The third kappa shape index (κ3) is 2.18. The van der Waals surface area contributed by atoms with Gasteiger partial charge in [0.1, 0.15) is 5.69 Å². The van der Waals surface area contributed by atoms with E-state index in [1.54, 1.807) is 7.05 Å². The van der Waals surface area contributed by atoms with Crippen molar-refractivity contribution in [1.29, 1.82) is 0 Å². The maximum absolute atomic E-state index is 12.6. The first-order valence-corrected chi connectivity index (χ1v) is 7.23. The molecular formula is C15H27N3O3. The molecule has 2 N–H and O–H groups in total. The van der Waals surface area contributed by atoms with Crippen molar-refractivity contribution in [3.63, 3.8) is 0 Å². The molecule has 1 amide bonds. The van der Waals surface area contributed by atoms with Crippen molar-refractivity contribution in [3.05, 3.63) is 28.2 Å². The lowest BCUT2D eigenvalue weighted by Crippen LogP contribution is -2.41. The largest absolute Gasteiger partial charge is 0.412 e. The van der Waals surface area contributed by atoms with Crippen LogP contribution in [-0.2, 0) is 7.05 Å². The summed E-state index contributed by atoms with van der Waals surface area (Å²) in [7, 11) is 1.57. The summed E-state index contributed by atoms with van der Waals surface area (Å²) in [6.45, 7) is 7.53. The van der Waals surface area contributed by atoms with Crippen LogP contribution in [-0.4, -0.2) is 38.7 Å². The molecule has 1 saturated heterocycles. The van der Waals surface area contributed by atoms with Gasteiger partial charge in [0.2, 0.25) is 0 Å². The van der Waals surface area contributed by atoms with Gasteiger partial charge in [0.05, 0.1) is 0 Å². The molecule has 2 heterocycles. The van der Waals surface area contributed by atoms with Crippen molar-refractivity contribution in [2.24, 2.45) is 24.3 Å². The summed E-state index contributed by atoms with van der Waals surface area (Å²) in [6, 6.07) is 3.25. The fourth-order valence-corrected chi connectivity index (χ4v) is 3.91. The minimum Gasteiger partial charge on any atom is -0.412 e. The lowest BCUT2D eigenvalue weighted by molar-refractivity contribution is 0.0662. The second-order valence-electron chi connectivity index (χ2n) is 6.57. The first kappa shape index (κ1) is 15.7. The minimum absolute atomic E-state index is 0. The van der Waals surface area contributed by atoms with Gasteiger partial charge >= 0.3 is 0 Å². The zero-order chi connectivity index (χ0) is 14.7. The van der Waals surface area contributed by atoms with Crippen LogP contribution in [0.25, 0.3) is 0 Å². The molecule has 2 fully saturated rings. The quantitative estimate of drug-likeness (QED) is 0.814. The van der Waals surface area contributed by atoms with Crippen LogP contribution in [0.3, 0.4) is 0 Å². The van der Waals surface area contributed by atoms with Gasteiger partial charge in [-0.3, -0.25) is 9.59 Å². The Bertz CT molecular complexity index is 633. The lowest BCUT2D eigenvalue weighted by atomic mass is 9.99. The van der Waals surface area contributed by atoms with Gasteiger partial charge in [-0.2, -0.15) is 5.10 Å². The Balaban J connectivity index is 0.00000161. The summed E-state index contributed by atoms with van der Waals surface area (Å²) < 4.78 is 1.22. The Morgan fingerprint density at radius 3 is 2.71 bits per heavy atom. The highest BCUT2D eigenvalue weighted by molar-refractivity contribution is 5.92. The molecule has 0 radical (unpaired) electrons. The van der Waals surface area contributed by atoms with Crippen LogP contribution < -0.4 is 5.56 Å². The Morgan fingerprint density at radius 2 is 2.14 bits per heavy atom. The molecule has 1 aromatic heterocycles. The number of hydrogen-bond donors (Lipinski definition) is 0. The smallest absolute Gasteiger partial charge is 0.274 e. The van der Waals surface area contributed by atoms with Crippen LogP contribution in [0.5, 0.6) is 0 Å². The van der Waals surface area contributed by atoms with Crippen molar-refractivity contribution in [2.45, 2.75) is 33.2 Å². The molecule has 2 aliphatic rings. The maximum Gasteiger partial charge on any atom is 0.274 e. The predicted molar refractivity (Wildman–Crippen MR) is 83.2 cm³/mol. The topological polar surface area (TPSA) is 86.7 Å². The van der Waals surface area contributed by atoms with Gasteiger partial charge < -0.3 is 10.4 Å². The van der Waals surface area contributed by atoms with Crippen molar-refractivity contribution < 1.29 is 13.1 Å². The molecule has 1 aliphatic carbocycles. The maximum atomic E-state index is 12.6. The van der Waals surface area contributed by atoms with E-state index in [9.17, 15) is 9.59 Å². The van der Waals surface area contributed by atoms with E-state index in [1.807, 2.05) is 4.90 Å². The molecule has 0 spiro atoms. The fourth-order valence-electron chi connectivity index (χ4n) is 3.91. The molecule has 3 atom stereocenters. The second-order valence-corrected chi connectivity index (χ2v) is 6.57. The fraction of sp³-hybridized carbons (Fsp3) is 0.667. The molecule has 120 valence electrons. The summed E-state index contributed by atoms with van der Waals surface area (Å²) in [5.74, 6) is 1.18. The van der Waals surface area contributed by atoms with Crippen LogP contribution in [0.1, 0.15) is 40.5 Å². The minimum atomic E-state index is -0.195. The number of likely N-dealkylation sites (tertiary alicyclic amines) is 1. The third-order valence-corrected chi connectivity index (χ3v) is 5.21. The predicted octanol–water partition coefficient (Wildman–Crippen LogP) is 0.954. The molecular weight excluding hydrogens is 270 g/mol. The van der Waals surface area contributed by atoms with Crippen molar-refractivity contribution >= 4 is 5.91 Å². The average Bonchev–Trinajstić information content (AvgIpc) is 2.78. The van der Waals surface area contributed by atoms with Crippen molar-refractivity contribution in [2.75, 3.05) is 6.54 Å². The van der Waals surface area contributed by atoms with Crippen LogP contribution >= 0.6 is 0 Å². The number of carbonyl (C=O) groups excluding carboxylic acids is 1. The molecule has 6 heteroatoms. The highest BCUT2D eigenvalue weighted by atomic mass is 16.2. The van der Waals surface area contributed by atoms with E-state index < -0.39 is 0 Å². The van der Waals surface area contributed by atoms with Crippen molar-refractivity contribution in [3.8, 4) is 0 Å². The SMILES string of the molecule is CC[C@@H]1C2C(CN1C(=O)c1ccc(=O)n(C)n1)C2(C)C.O.[HH].[HH]. The van der Waals surface area contributed by atoms with E-state index in [0.717, 1.165) is 13.0 Å². The second kappa shape index (κ2) is 4.94. The number of hydrogen-bond acceptors (Lipinski definition) is 3. The number of aromatic nitrogens is 2. The zero-order valence-electron chi connectivity index (χ0n) is 13.0. The van der Waals surface area contributed by atoms with Gasteiger partial charge in [0, 0.05) is 28.6 Å². The molecule has 0 bridgehead atoms. The molecule has 1 aliphatic heterocycles. The van der Waals surface area contributed by atoms with Crippen molar-refractivity contribution in [1.82, 2.24) is 14.7 Å². The Labute approximate surface area is 127 Å². The Hall–Kier alpha value is -1.69. The highest BCUT2D eigenvalue weighted by Gasteiger charge is 2.66. The van der Waals surface area contributed by atoms with Gasteiger partial charge in [0.25, 0.3) is 11.5 Å². The normalized spacial score (nSPS) is 28.8. The molecule has 6 nitrogen and oxygen atoms in total. The van der Waals surface area contributed by atoms with Gasteiger partial charge in [-0.05, 0) is 29.7 Å². The Morgan fingerprint density at radius 1 is 1.48 bits per heavy atom. The molecule has 2 unspecified atom stereocenters. The molecule has 3 rings (SSSR count). The van der Waals surface area contributed by atoms with Gasteiger partial charge in [-0.15, -0.1) is 0 Å². The van der Waals surface area contributed by atoms with E-state index >= 15 is 0 Å². The number of aryl methyl sites for hydroxylation is 1. The molecule has 0 aromatic carbocycles. The molecule has 1 saturated carbocycles. The first-order valence-electron chi connectivity index (χ1n) is 7.23. The van der Waals surface area contributed by atoms with Gasteiger partial charge in [-0.1, -0.05) is 20.8 Å². The highest BCUT2D eigenvalue weighted by Crippen LogP contribution is 2.65. The summed E-state index contributed by atoms with van der Waals surface area (Å²) in [5.41, 5.74) is 0.540. The van der Waals surface area contributed by atoms with E-state index in [2.05, 4.69) is 25.9 Å². The molecule has 21 heavy (non-hydrogen) atoms. The number of carbonyl (C=O) groups is 1. The van der Waals surface area contributed by atoms with Gasteiger partial charge in [0.15, 0.2) is 0 Å². The van der Waals surface area contributed by atoms with Gasteiger partial charge in [-0.25, -0.2) is 4.68 Å². The monoisotopic (exact) mass is 297 g/mol. The summed E-state index contributed by atoms with van der Waals surface area (Å²) in [5, 5.41) is 4.08. The number of fused-ring (bicyclic) bond motifs is 1. The number of piperidine rings is 1. The third-order valence-electron chi connectivity index (χ3n) is 5.21. The number of amides is 1. The van der Waals surface area contributed by atoms with Crippen LogP contribution in [0.4, 0.5) is 0 Å². The van der Waals surface area contributed by atoms with E-state index in [-0.39, 0.29) is 19.8 Å². The van der Waals surface area contributed by atoms with Crippen LogP contribution in [0.15, 0.2) is 16.9 Å². The number of rotatable bonds is 2. The van der Waals surface area contributed by atoms with E-state index in [1.165, 1.54) is 16.8 Å². The number of nitrogens with zero attached hydrogens (tertiary/aromatic N) is 3. The van der Waals surface area contributed by atoms with Crippen LogP contribution in [0, 0.1) is 17.3 Å². The summed E-state index contributed by atoms with van der Waals surface area (Å²) in [4.78, 5) is 25.9. The summed E-state index contributed by atoms with van der Waals surface area (Å²) in [6.07, 6.45) is 0.974. The lowest BCUT2D eigenvalue weighted by Gasteiger charge is -2.30. The standard InChI is InChI=1S/C15H21N3O2.H2O.2H2/c1-5-11-13-9(15(13,2)3)8-18(11)14(20)10-6-7-12(19)17(4)16-10;;;/h6-7,9,11,13H,5,8H2,1-4H3;1H2;2*1H/t9?,11-,13?;;;/m1.../s1.